The Labute approximate surface area is 230 Å². The van der Waals surface area contributed by atoms with Crippen LogP contribution in [-0.2, 0) is 0 Å². The van der Waals surface area contributed by atoms with E-state index in [-0.39, 0.29) is 0 Å². The van der Waals surface area contributed by atoms with Crippen molar-refractivity contribution in [1.82, 2.24) is 0 Å². The van der Waals surface area contributed by atoms with Crippen molar-refractivity contribution >= 4 is 70.5 Å². The fourth-order valence-electron chi connectivity index (χ4n) is 5.73. The number of fused-ring (bicyclic) bond motifs is 6. The summed E-state index contributed by atoms with van der Waals surface area (Å²) < 4.78 is 8.90. The van der Waals surface area contributed by atoms with Crippen molar-refractivity contribution in [3.63, 3.8) is 0 Å². The Morgan fingerprint density at radius 3 is 2.13 bits per heavy atom. The molecule has 6 aromatic carbocycles. The van der Waals surface area contributed by atoms with E-state index in [0.717, 1.165) is 39.0 Å². The van der Waals surface area contributed by atoms with Crippen LogP contribution in [0.2, 0.25) is 0 Å². The van der Waals surface area contributed by atoms with Crippen LogP contribution in [0.1, 0.15) is 0 Å². The van der Waals surface area contributed by atoms with Gasteiger partial charge < -0.3 is 9.32 Å². The minimum absolute atomic E-state index is 0.890. The lowest BCUT2D eigenvalue weighted by Crippen LogP contribution is -2.10. The number of furan rings is 1. The maximum Gasteiger partial charge on any atom is 0.137 e. The van der Waals surface area contributed by atoms with Crippen LogP contribution in [0.3, 0.4) is 0 Å². The molecule has 2 nitrogen and oxygen atoms in total. The summed E-state index contributed by atoms with van der Waals surface area (Å²) in [6, 6.07) is 49.4. The Morgan fingerprint density at radius 2 is 1.21 bits per heavy atom. The Balaban J connectivity index is 1.37. The highest BCUT2D eigenvalue weighted by Gasteiger charge is 2.20. The van der Waals surface area contributed by atoms with Gasteiger partial charge in [0, 0.05) is 36.9 Å². The molecule has 2 heterocycles. The molecular formula is C36H23NOS. The summed E-state index contributed by atoms with van der Waals surface area (Å²) in [5, 5.41) is 4.87. The van der Waals surface area contributed by atoms with E-state index in [4.69, 9.17) is 4.42 Å². The van der Waals surface area contributed by atoms with Crippen LogP contribution in [0.5, 0.6) is 0 Å². The van der Waals surface area contributed by atoms with Crippen molar-refractivity contribution < 1.29 is 4.42 Å². The summed E-state index contributed by atoms with van der Waals surface area (Å²) in [5.41, 5.74) is 7.56. The zero-order valence-electron chi connectivity index (χ0n) is 21.0. The van der Waals surface area contributed by atoms with Crippen LogP contribution in [0.15, 0.2) is 144 Å². The van der Waals surface area contributed by atoms with Crippen molar-refractivity contribution in [2.75, 3.05) is 4.90 Å². The highest BCUT2D eigenvalue weighted by molar-refractivity contribution is 7.26. The average molecular weight is 518 g/mol. The van der Waals surface area contributed by atoms with E-state index >= 15 is 0 Å². The van der Waals surface area contributed by atoms with Gasteiger partial charge in [0.05, 0.1) is 11.1 Å². The van der Waals surface area contributed by atoms with Gasteiger partial charge in [0.2, 0.25) is 0 Å². The van der Waals surface area contributed by atoms with E-state index in [1.165, 1.54) is 31.3 Å². The minimum atomic E-state index is 0.890. The monoisotopic (exact) mass is 517 g/mol. The summed E-state index contributed by atoms with van der Waals surface area (Å²) in [6.45, 7) is 0. The van der Waals surface area contributed by atoms with E-state index in [0.29, 0.717) is 0 Å². The van der Waals surface area contributed by atoms with Crippen molar-refractivity contribution in [2.45, 2.75) is 0 Å². The molecular weight excluding hydrogens is 494 g/mol. The maximum atomic E-state index is 6.26. The fourth-order valence-corrected chi connectivity index (χ4v) is 6.97. The first-order valence-corrected chi connectivity index (χ1v) is 13.9. The Kier molecular flexibility index (Phi) is 5.04. The molecule has 3 heteroatoms. The van der Waals surface area contributed by atoms with Crippen LogP contribution in [-0.4, -0.2) is 0 Å². The molecule has 0 saturated heterocycles. The molecule has 0 aliphatic rings. The van der Waals surface area contributed by atoms with Crippen molar-refractivity contribution in [3.05, 3.63) is 140 Å². The second kappa shape index (κ2) is 8.87. The lowest BCUT2D eigenvalue weighted by Gasteiger charge is -2.26. The first kappa shape index (κ1) is 22.2. The minimum Gasteiger partial charge on any atom is -0.456 e. The van der Waals surface area contributed by atoms with Gasteiger partial charge in [-0.15, -0.1) is 11.3 Å². The van der Waals surface area contributed by atoms with Crippen LogP contribution in [0, 0.1) is 0 Å². The maximum absolute atomic E-state index is 6.26. The number of benzene rings is 6. The lowest BCUT2D eigenvalue weighted by molar-refractivity contribution is 0.669. The number of anilines is 3. The Hall–Kier alpha value is -4.86. The molecule has 0 aliphatic carbocycles. The van der Waals surface area contributed by atoms with Gasteiger partial charge in [0.1, 0.15) is 11.2 Å². The van der Waals surface area contributed by atoms with E-state index in [2.05, 4.69) is 132 Å². The molecule has 0 N–H and O–H groups in total. The van der Waals surface area contributed by atoms with E-state index in [1.807, 2.05) is 23.5 Å². The molecule has 8 aromatic rings. The van der Waals surface area contributed by atoms with Gasteiger partial charge in [-0.2, -0.15) is 0 Å². The normalized spacial score (nSPS) is 11.6. The molecule has 0 radical (unpaired) electrons. The quantitative estimate of drug-likeness (QED) is 0.231. The number of hydrogen-bond acceptors (Lipinski definition) is 3. The molecule has 0 fully saturated rings. The van der Waals surface area contributed by atoms with Gasteiger partial charge in [-0.1, -0.05) is 91.0 Å². The number of para-hydroxylation sites is 2. The zero-order valence-corrected chi connectivity index (χ0v) is 21.9. The van der Waals surface area contributed by atoms with Crippen LogP contribution >= 0.6 is 11.3 Å². The molecule has 0 bridgehead atoms. The summed E-state index contributed by atoms with van der Waals surface area (Å²) in [5.74, 6) is 0. The SMILES string of the molecule is c1ccc(N(c2cccc(-c3cccc4c3sc3ccccc34)c2)c2cccc3oc4ccccc4c23)cc1. The second-order valence-corrected chi connectivity index (χ2v) is 10.8. The molecule has 0 spiro atoms. The Morgan fingerprint density at radius 1 is 0.513 bits per heavy atom. The second-order valence-electron chi connectivity index (χ2n) is 9.75. The standard InChI is InChI=1S/C36H23NOS/c1-2-12-25(13-3-1)37(31-19-10-21-33-35(31)30-16-4-6-20-32(30)38-33)26-14-8-11-24(23-26)27-17-9-18-29-28-15-5-7-22-34(28)39-36(27)29/h1-23H. The number of hydrogen-bond donors (Lipinski definition) is 0. The van der Waals surface area contributed by atoms with Gasteiger partial charge in [-0.05, 0) is 59.7 Å². The van der Waals surface area contributed by atoms with Gasteiger partial charge in [0.15, 0.2) is 0 Å². The topological polar surface area (TPSA) is 16.4 Å². The largest absolute Gasteiger partial charge is 0.456 e. The first-order valence-electron chi connectivity index (χ1n) is 13.1. The number of nitrogens with zero attached hydrogens (tertiary/aromatic N) is 1. The first-order chi connectivity index (χ1) is 19.3. The third kappa shape index (κ3) is 3.55. The number of rotatable bonds is 4. The van der Waals surface area contributed by atoms with Crippen LogP contribution < -0.4 is 4.90 Å². The zero-order chi connectivity index (χ0) is 25.8. The van der Waals surface area contributed by atoms with Gasteiger partial charge in [-0.25, -0.2) is 0 Å². The highest BCUT2D eigenvalue weighted by atomic mass is 32.1. The molecule has 0 atom stereocenters. The molecule has 0 unspecified atom stereocenters. The molecule has 39 heavy (non-hydrogen) atoms. The van der Waals surface area contributed by atoms with E-state index in [9.17, 15) is 0 Å². The van der Waals surface area contributed by atoms with Crippen molar-refractivity contribution in [1.29, 1.82) is 0 Å². The van der Waals surface area contributed by atoms with Gasteiger partial charge in [-0.3, -0.25) is 0 Å². The third-order valence-corrected chi connectivity index (χ3v) is 8.68. The summed E-state index contributed by atoms with van der Waals surface area (Å²) in [6.07, 6.45) is 0. The molecule has 184 valence electrons. The molecule has 0 saturated carbocycles. The summed E-state index contributed by atoms with van der Waals surface area (Å²) >= 11 is 1.87. The van der Waals surface area contributed by atoms with Crippen molar-refractivity contribution in [2.24, 2.45) is 0 Å². The molecule has 0 amide bonds. The van der Waals surface area contributed by atoms with E-state index < -0.39 is 0 Å². The average Bonchev–Trinajstić information content (AvgIpc) is 3.57. The third-order valence-electron chi connectivity index (χ3n) is 7.46. The summed E-state index contributed by atoms with van der Waals surface area (Å²) in [4.78, 5) is 2.35. The van der Waals surface area contributed by atoms with Crippen LogP contribution in [0.4, 0.5) is 17.1 Å². The molecule has 8 rings (SSSR count). The van der Waals surface area contributed by atoms with Crippen molar-refractivity contribution in [3.8, 4) is 11.1 Å². The van der Waals surface area contributed by atoms with Crippen LogP contribution in [0.25, 0.3) is 53.2 Å². The Bertz CT molecular complexity index is 2140. The molecule has 0 aliphatic heterocycles. The summed E-state index contributed by atoms with van der Waals surface area (Å²) in [7, 11) is 0. The fraction of sp³-hybridized carbons (Fsp3) is 0. The predicted octanol–water partition coefficient (Wildman–Crippen LogP) is 11.1. The van der Waals surface area contributed by atoms with Gasteiger partial charge >= 0.3 is 0 Å². The predicted molar refractivity (Wildman–Crippen MR) is 167 cm³/mol. The highest BCUT2D eigenvalue weighted by Crippen LogP contribution is 2.45. The smallest absolute Gasteiger partial charge is 0.137 e. The number of thiophene rings is 1. The van der Waals surface area contributed by atoms with E-state index in [1.54, 1.807) is 0 Å². The lowest BCUT2D eigenvalue weighted by atomic mass is 10.0. The molecule has 2 aromatic heterocycles. The van der Waals surface area contributed by atoms with Gasteiger partial charge in [0.25, 0.3) is 0 Å².